The molecule has 0 saturated carbocycles. The number of rotatable bonds is 5. The second kappa shape index (κ2) is 7.12. The van der Waals surface area contributed by atoms with Crippen LogP contribution in [0.1, 0.15) is 24.0 Å². The van der Waals surface area contributed by atoms with E-state index >= 15 is 0 Å². The first kappa shape index (κ1) is 16.0. The number of aromatic nitrogens is 3. The van der Waals surface area contributed by atoms with Gasteiger partial charge in [0.15, 0.2) is 0 Å². The standard InChI is InChI=1S/C18H21N5O/c1-3-22(12-15-8-4-5-10-19-15)18(24)20-11-16-13-23-14(2)7-6-9-17(23)21-16/h4-10,13H,3,11-12H2,1-2H3,(H,20,24). The summed E-state index contributed by atoms with van der Waals surface area (Å²) in [6.45, 7) is 5.50. The Labute approximate surface area is 141 Å². The summed E-state index contributed by atoms with van der Waals surface area (Å²) >= 11 is 0. The molecule has 24 heavy (non-hydrogen) atoms. The zero-order valence-corrected chi connectivity index (χ0v) is 13.9. The second-order valence-electron chi connectivity index (χ2n) is 5.62. The summed E-state index contributed by atoms with van der Waals surface area (Å²) in [6, 6.07) is 11.6. The maximum atomic E-state index is 12.4. The minimum Gasteiger partial charge on any atom is -0.332 e. The van der Waals surface area contributed by atoms with Crippen molar-refractivity contribution in [2.75, 3.05) is 6.54 Å². The van der Waals surface area contributed by atoms with E-state index in [-0.39, 0.29) is 6.03 Å². The summed E-state index contributed by atoms with van der Waals surface area (Å²) in [4.78, 5) is 22.9. The molecule has 3 rings (SSSR count). The molecule has 0 aromatic carbocycles. The molecular formula is C18H21N5O. The Hall–Kier alpha value is -2.89. The van der Waals surface area contributed by atoms with Crippen LogP contribution in [0.2, 0.25) is 0 Å². The smallest absolute Gasteiger partial charge is 0.318 e. The van der Waals surface area contributed by atoms with Gasteiger partial charge in [0.2, 0.25) is 0 Å². The van der Waals surface area contributed by atoms with Gasteiger partial charge in [0.05, 0.1) is 24.5 Å². The second-order valence-corrected chi connectivity index (χ2v) is 5.62. The highest BCUT2D eigenvalue weighted by Gasteiger charge is 2.13. The van der Waals surface area contributed by atoms with Crippen LogP contribution < -0.4 is 5.32 Å². The van der Waals surface area contributed by atoms with Crippen molar-refractivity contribution in [2.45, 2.75) is 26.9 Å². The predicted octanol–water partition coefficient (Wildman–Crippen LogP) is 2.77. The fourth-order valence-electron chi connectivity index (χ4n) is 2.58. The molecule has 0 fully saturated rings. The number of aryl methyl sites for hydroxylation is 1. The van der Waals surface area contributed by atoms with Crippen LogP contribution in [0.3, 0.4) is 0 Å². The maximum Gasteiger partial charge on any atom is 0.318 e. The van der Waals surface area contributed by atoms with Crippen LogP contribution in [0.4, 0.5) is 4.79 Å². The molecule has 0 spiro atoms. The Morgan fingerprint density at radius 2 is 2.08 bits per heavy atom. The van der Waals surface area contributed by atoms with Crippen LogP contribution in [0, 0.1) is 6.92 Å². The van der Waals surface area contributed by atoms with E-state index in [4.69, 9.17) is 0 Å². The van der Waals surface area contributed by atoms with E-state index in [2.05, 4.69) is 15.3 Å². The first-order valence-corrected chi connectivity index (χ1v) is 8.03. The van der Waals surface area contributed by atoms with Crippen molar-refractivity contribution in [3.05, 3.63) is 65.9 Å². The molecule has 3 heterocycles. The van der Waals surface area contributed by atoms with Crippen LogP contribution in [0.5, 0.6) is 0 Å². The number of nitrogens with one attached hydrogen (secondary N) is 1. The molecule has 0 aliphatic carbocycles. The maximum absolute atomic E-state index is 12.4. The Morgan fingerprint density at radius 1 is 1.21 bits per heavy atom. The monoisotopic (exact) mass is 323 g/mol. The summed E-state index contributed by atoms with van der Waals surface area (Å²) in [6.07, 6.45) is 3.69. The lowest BCUT2D eigenvalue weighted by Crippen LogP contribution is -2.39. The van der Waals surface area contributed by atoms with Crippen molar-refractivity contribution in [3.63, 3.8) is 0 Å². The number of amides is 2. The fourth-order valence-corrected chi connectivity index (χ4v) is 2.58. The molecule has 0 bridgehead atoms. The molecule has 3 aromatic rings. The van der Waals surface area contributed by atoms with Gasteiger partial charge >= 0.3 is 6.03 Å². The molecule has 0 saturated heterocycles. The highest BCUT2D eigenvalue weighted by atomic mass is 16.2. The number of fused-ring (bicyclic) bond motifs is 1. The summed E-state index contributed by atoms with van der Waals surface area (Å²) in [5, 5.41) is 2.93. The Kier molecular flexibility index (Phi) is 4.74. The fraction of sp³-hybridized carbons (Fsp3) is 0.278. The van der Waals surface area contributed by atoms with Gasteiger partial charge in [0.1, 0.15) is 5.65 Å². The van der Waals surface area contributed by atoms with Crippen molar-refractivity contribution in [2.24, 2.45) is 0 Å². The van der Waals surface area contributed by atoms with E-state index in [1.165, 1.54) is 0 Å². The van der Waals surface area contributed by atoms with Gasteiger partial charge in [-0.2, -0.15) is 0 Å². The number of pyridine rings is 2. The third-order valence-electron chi connectivity index (χ3n) is 3.91. The molecule has 0 radical (unpaired) electrons. The first-order chi connectivity index (χ1) is 11.7. The molecule has 6 heteroatoms. The van der Waals surface area contributed by atoms with Gasteiger partial charge in [-0.3, -0.25) is 4.98 Å². The van der Waals surface area contributed by atoms with Gasteiger partial charge in [-0.05, 0) is 38.1 Å². The van der Waals surface area contributed by atoms with Crippen LogP contribution in [-0.2, 0) is 13.1 Å². The Morgan fingerprint density at radius 3 is 2.79 bits per heavy atom. The third-order valence-corrected chi connectivity index (χ3v) is 3.91. The number of imidazole rings is 1. The highest BCUT2D eigenvalue weighted by molar-refractivity contribution is 5.74. The number of urea groups is 1. The van der Waals surface area contributed by atoms with Gasteiger partial charge in [-0.15, -0.1) is 0 Å². The molecule has 124 valence electrons. The molecule has 0 aliphatic heterocycles. The number of carbonyl (C=O) groups is 1. The minimum atomic E-state index is -0.114. The highest BCUT2D eigenvalue weighted by Crippen LogP contribution is 2.08. The number of nitrogens with zero attached hydrogens (tertiary/aromatic N) is 4. The molecule has 2 amide bonds. The Balaban J connectivity index is 1.63. The van der Waals surface area contributed by atoms with Crippen molar-refractivity contribution in [1.82, 2.24) is 24.6 Å². The van der Waals surface area contributed by atoms with Gasteiger partial charge < -0.3 is 14.6 Å². The van der Waals surface area contributed by atoms with Gasteiger partial charge in [-0.25, -0.2) is 9.78 Å². The quantitative estimate of drug-likeness (QED) is 0.785. The van der Waals surface area contributed by atoms with Gasteiger partial charge in [-0.1, -0.05) is 12.1 Å². The molecule has 3 aromatic heterocycles. The van der Waals surface area contributed by atoms with Crippen molar-refractivity contribution in [1.29, 1.82) is 0 Å². The largest absolute Gasteiger partial charge is 0.332 e. The SMILES string of the molecule is CCN(Cc1ccccn1)C(=O)NCc1cn2c(C)cccc2n1. The van der Waals surface area contributed by atoms with Gasteiger partial charge in [0.25, 0.3) is 0 Å². The lowest BCUT2D eigenvalue weighted by Gasteiger charge is -2.20. The zero-order valence-electron chi connectivity index (χ0n) is 13.9. The van der Waals surface area contributed by atoms with E-state index < -0.39 is 0 Å². The van der Waals surface area contributed by atoms with E-state index in [9.17, 15) is 4.79 Å². The Bertz CT molecular complexity index is 828. The van der Waals surface area contributed by atoms with E-state index in [0.29, 0.717) is 19.6 Å². The third kappa shape index (κ3) is 3.53. The molecule has 6 nitrogen and oxygen atoms in total. The lowest BCUT2D eigenvalue weighted by atomic mass is 10.3. The van der Waals surface area contributed by atoms with Crippen LogP contribution in [0.15, 0.2) is 48.8 Å². The lowest BCUT2D eigenvalue weighted by molar-refractivity contribution is 0.197. The molecular weight excluding hydrogens is 302 g/mol. The zero-order chi connectivity index (χ0) is 16.9. The molecule has 1 N–H and O–H groups in total. The topological polar surface area (TPSA) is 62.5 Å². The van der Waals surface area contributed by atoms with Crippen molar-refractivity contribution >= 4 is 11.7 Å². The number of carbonyl (C=O) groups excluding carboxylic acids is 1. The number of hydrogen-bond donors (Lipinski definition) is 1. The van der Waals surface area contributed by atoms with E-state index in [0.717, 1.165) is 22.7 Å². The normalized spacial score (nSPS) is 10.8. The average Bonchev–Trinajstić information content (AvgIpc) is 3.03. The average molecular weight is 323 g/mol. The van der Waals surface area contributed by atoms with E-state index in [1.807, 2.05) is 60.8 Å². The summed E-state index contributed by atoms with van der Waals surface area (Å²) in [5.41, 5.74) is 3.72. The summed E-state index contributed by atoms with van der Waals surface area (Å²) in [5.74, 6) is 0. The van der Waals surface area contributed by atoms with Crippen molar-refractivity contribution in [3.8, 4) is 0 Å². The molecule has 0 aliphatic rings. The van der Waals surface area contributed by atoms with Gasteiger partial charge in [0, 0.05) is 24.6 Å². The van der Waals surface area contributed by atoms with Crippen LogP contribution in [-0.4, -0.2) is 31.8 Å². The summed E-state index contributed by atoms with van der Waals surface area (Å²) < 4.78 is 2.02. The molecule has 0 atom stereocenters. The molecule has 0 unspecified atom stereocenters. The first-order valence-electron chi connectivity index (χ1n) is 8.03. The number of hydrogen-bond acceptors (Lipinski definition) is 3. The minimum absolute atomic E-state index is 0.114. The van der Waals surface area contributed by atoms with E-state index in [1.54, 1.807) is 11.1 Å². The predicted molar refractivity (Wildman–Crippen MR) is 92.5 cm³/mol. The van der Waals surface area contributed by atoms with Crippen LogP contribution >= 0.6 is 0 Å². The summed E-state index contributed by atoms with van der Waals surface area (Å²) in [7, 11) is 0. The van der Waals surface area contributed by atoms with Crippen LogP contribution in [0.25, 0.3) is 5.65 Å². The van der Waals surface area contributed by atoms with Crippen molar-refractivity contribution < 1.29 is 4.79 Å².